The maximum atomic E-state index is 14.0. The van der Waals surface area contributed by atoms with Crippen molar-refractivity contribution in [2.24, 2.45) is 0 Å². The number of nitriles is 1. The molecular formula is C22H21F2N3O2S. The molecule has 0 unspecified atom stereocenters. The third kappa shape index (κ3) is 4.51. The lowest BCUT2D eigenvalue weighted by Crippen LogP contribution is -2.42. The number of halogens is 2. The van der Waals surface area contributed by atoms with Crippen molar-refractivity contribution in [2.75, 3.05) is 22.7 Å². The zero-order chi connectivity index (χ0) is 21.3. The predicted octanol–water partition coefficient (Wildman–Crippen LogP) is 5.49. The molecule has 2 aliphatic rings. The molecule has 1 saturated heterocycles. The smallest absolute Gasteiger partial charge is 0.335 e. The average Bonchev–Trinajstić information content (AvgIpc) is 3.56. The van der Waals surface area contributed by atoms with E-state index in [0.717, 1.165) is 23.3 Å². The van der Waals surface area contributed by atoms with E-state index in [2.05, 4.69) is 10.8 Å². The van der Waals surface area contributed by atoms with E-state index in [9.17, 15) is 23.9 Å². The van der Waals surface area contributed by atoms with Crippen LogP contribution >= 0.6 is 11.9 Å². The molecule has 0 radical (unpaired) electrons. The number of anilines is 2. The van der Waals surface area contributed by atoms with Crippen LogP contribution in [0.2, 0.25) is 0 Å². The Hall–Kier alpha value is -2.79. The summed E-state index contributed by atoms with van der Waals surface area (Å²) in [4.78, 5) is 13.8. The fourth-order valence-electron chi connectivity index (χ4n) is 3.73. The third-order valence-corrected chi connectivity index (χ3v) is 6.30. The van der Waals surface area contributed by atoms with Crippen molar-refractivity contribution in [3.63, 3.8) is 0 Å². The number of nitrogens with zero attached hydrogens (tertiary/aromatic N) is 2. The molecule has 0 bridgehead atoms. The highest BCUT2D eigenvalue weighted by atomic mass is 32.2. The van der Waals surface area contributed by atoms with Crippen LogP contribution in [0.25, 0.3) is 0 Å². The molecule has 0 atom stereocenters. The summed E-state index contributed by atoms with van der Waals surface area (Å²) < 4.78 is 31.1. The average molecular weight is 429 g/mol. The van der Waals surface area contributed by atoms with E-state index >= 15 is 0 Å². The highest BCUT2D eigenvalue weighted by Gasteiger charge is 2.36. The van der Waals surface area contributed by atoms with Gasteiger partial charge in [0.05, 0.1) is 35.1 Å². The van der Waals surface area contributed by atoms with Gasteiger partial charge in [-0.1, -0.05) is 6.07 Å². The van der Waals surface area contributed by atoms with Gasteiger partial charge >= 0.3 is 5.97 Å². The van der Waals surface area contributed by atoms with Gasteiger partial charge in [0.1, 0.15) is 0 Å². The van der Waals surface area contributed by atoms with Crippen LogP contribution in [0.1, 0.15) is 53.1 Å². The number of rotatable bonds is 6. The molecule has 1 aliphatic carbocycles. The summed E-state index contributed by atoms with van der Waals surface area (Å²) in [7, 11) is 0. The molecule has 156 valence electrons. The van der Waals surface area contributed by atoms with Gasteiger partial charge in [0.2, 0.25) is 0 Å². The molecular weight excluding hydrogens is 408 g/mol. The largest absolute Gasteiger partial charge is 0.478 e. The first-order valence-corrected chi connectivity index (χ1v) is 10.6. The summed E-state index contributed by atoms with van der Waals surface area (Å²) in [6.07, 6.45) is 2.41. The summed E-state index contributed by atoms with van der Waals surface area (Å²) in [6, 6.07) is 12.1. The number of nitrogens with one attached hydrogen (secondary N) is 1. The summed E-state index contributed by atoms with van der Waals surface area (Å²) in [5.41, 5.74) is 2.89. The van der Waals surface area contributed by atoms with Crippen molar-refractivity contribution in [3.8, 4) is 6.07 Å². The van der Waals surface area contributed by atoms with Crippen molar-refractivity contribution < 1.29 is 18.7 Å². The Labute approximate surface area is 177 Å². The Morgan fingerprint density at radius 1 is 1.27 bits per heavy atom. The first-order valence-electron chi connectivity index (χ1n) is 9.83. The molecule has 0 spiro atoms. The topological polar surface area (TPSA) is 76.4 Å². The summed E-state index contributed by atoms with van der Waals surface area (Å²) in [5, 5.41) is 18.6. The molecule has 0 aromatic heterocycles. The predicted molar refractivity (Wildman–Crippen MR) is 112 cm³/mol. The molecule has 4 rings (SSSR count). The molecule has 1 heterocycles. The second-order valence-corrected chi connectivity index (χ2v) is 8.61. The number of carboxylic acids is 1. The van der Waals surface area contributed by atoms with Crippen molar-refractivity contribution in [1.29, 1.82) is 5.26 Å². The quantitative estimate of drug-likeness (QED) is 0.592. The van der Waals surface area contributed by atoms with E-state index in [1.807, 2.05) is 6.07 Å². The molecule has 2 N–H and O–H groups in total. The zero-order valence-electron chi connectivity index (χ0n) is 16.2. The highest BCUT2D eigenvalue weighted by molar-refractivity contribution is 8.00. The van der Waals surface area contributed by atoms with Crippen LogP contribution in [0.4, 0.5) is 20.2 Å². The monoisotopic (exact) mass is 429 g/mol. The van der Waals surface area contributed by atoms with Crippen molar-refractivity contribution in [3.05, 3.63) is 53.1 Å². The van der Waals surface area contributed by atoms with Crippen LogP contribution in [-0.4, -0.2) is 30.1 Å². The molecule has 1 saturated carbocycles. The Morgan fingerprint density at radius 3 is 2.73 bits per heavy atom. The van der Waals surface area contributed by atoms with E-state index in [1.165, 1.54) is 11.9 Å². The second-order valence-electron chi connectivity index (χ2n) is 7.76. The first-order chi connectivity index (χ1) is 14.4. The van der Waals surface area contributed by atoms with Gasteiger partial charge in [-0.25, -0.2) is 13.6 Å². The Bertz CT molecular complexity index is 1020. The van der Waals surface area contributed by atoms with Crippen LogP contribution in [0.3, 0.4) is 0 Å². The van der Waals surface area contributed by atoms with Gasteiger partial charge in [-0.05, 0) is 73.0 Å². The number of hydrogen-bond donors (Lipinski definition) is 2. The number of aromatic carboxylic acids is 1. The fraction of sp³-hybridized carbons (Fsp3) is 0.364. The molecule has 8 heteroatoms. The van der Waals surface area contributed by atoms with Crippen LogP contribution in [0.5, 0.6) is 0 Å². The molecule has 0 amide bonds. The maximum absolute atomic E-state index is 14.0. The summed E-state index contributed by atoms with van der Waals surface area (Å²) in [6.45, 7) is 0.155. The Balaban J connectivity index is 1.62. The lowest BCUT2D eigenvalue weighted by molar-refractivity contribution is -0.0116. The van der Waals surface area contributed by atoms with E-state index in [-0.39, 0.29) is 18.5 Å². The summed E-state index contributed by atoms with van der Waals surface area (Å²) >= 11 is 1.26. The summed E-state index contributed by atoms with van der Waals surface area (Å²) in [5.74, 6) is -3.32. The first kappa shape index (κ1) is 20.5. The van der Waals surface area contributed by atoms with Crippen LogP contribution in [0, 0.1) is 11.3 Å². The molecule has 30 heavy (non-hydrogen) atoms. The van der Waals surface area contributed by atoms with E-state index in [1.54, 1.807) is 35.2 Å². The Morgan fingerprint density at radius 2 is 2.07 bits per heavy atom. The second kappa shape index (κ2) is 8.15. The number of carboxylic acid groups (broad SMARTS) is 1. The number of alkyl halides is 2. The standard InChI is InChI=1S/C22H21F2N3O2S/c23-22(24)8-1-9-27(13-22)19-7-2-14(12-25)10-18(19)26-30-20-11-16(21(28)29)5-6-17(20)15-3-4-15/h2,5-7,10-11,15,26H,1,3-4,8-9,13H2,(H,28,29). The number of piperidine rings is 1. The minimum absolute atomic E-state index is 0.121. The fourth-order valence-corrected chi connectivity index (χ4v) is 4.65. The van der Waals surface area contributed by atoms with Gasteiger partial charge in [0.25, 0.3) is 5.92 Å². The molecule has 2 fully saturated rings. The Kier molecular flexibility index (Phi) is 5.56. The van der Waals surface area contributed by atoms with Gasteiger partial charge in [-0.3, -0.25) is 0 Å². The van der Waals surface area contributed by atoms with Crippen LogP contribution < -0.4 is 9.62 Å². The van der Waals surface area contributed by atoms with Gasteiger partial charge < -0.3 is 14.7 Å². The van der Waals surface area contributed by atoms with Crippen molar-refractivity contribution >= 4 is 29.3 Å². The number of benzene rings is 2. The zero-order valence-corrected chi connectivity index (χ0v) is 17.0. The van der Waals surface area contributed by atoms with Crippen LogP contribution in [-0.2, 0) is 0 Å². The lowest BCUT2D eigenvalue weighted by atomic mass is 10.1. The SMILES string of the molecule is N#Cc1ccc(N2CCCC(F)(F)C2)c(NSc2cc(C(=O)O)ccc2C2CC2)c1. The normalized spacial score (nSPS) is 18.0. The minimum atomic E-state index is -2.74. The van der Waals surface area contributed by atoms with Crippen molar-refractivity contribution in [1.82, 2.24) is 0 Å². The van der Waals surface area contributed by atoms with E-state index in [0.29, 0.717) is 35.8 Å². The van der Waals surface area contributed by atoms with E-state index in [4.69, 9.17) is 0 Å². The molecule has 5 nitrogen and oxygen atoms in total. The van der Waals surface area contributed by atoms with E-state index < -0.39 is 11.9 Å². The number of hydrogen-bond acceptors (Lipinski definition) is 5. The van der Waals surface area contributed by atoms with Gasteiger partial charge in [-0.2, -0.15) is 5.26 Å². The maximum Gasteiger partial charge on any atom is 0.335 e. The molecule has 2 aromatic rings. The van der Waals surface area contributed by atoms with Gasteiger partial charge in [0.15, 0.2) is 0 Å². The van der Waals surface area contributed by atoms with Gasteiger partial charge in [0, 0.05) is 17.9 Å². The minimum Gasteiger partial charge on any atom is -0.478 e. The molecule has 2 aromatic carbocycles. The third-order valence-electron chi connectivity index (χ3n) is 5.41. The number of carbonyl (C=O) groups is 1. The van der Waals surface area contributed by atoms with Crippen molar-refractivity contribution in [2.45, 2.75) is 42.4 Å². The lowest BCUT2D eigenvalue weighted by Gasteiger charge is -2.35. The molecule has 1 aliphatic heterocycles. The van der Waals surface area contributed by atoms with Crippen LogP contribution in [0.15, 0.2) is 41.3 Å². The highest BCUT2D eigenvalue weighted by Crippen LogP contribution is 2.45. The van der Waals surface area contributed by atoms with Gasteiger partial charge in [-0.15, -0.1) is 0 Å².